The lowest BCUT2D eigenvalue weighted by atomic mass is 10.0. The summed E-state index contributed by atoms with van der Waals surface area (Å²) in [4.78, 5) is 14.0. The van der Waals surface area contributed by atoms with Crippen LogP contribution in [0.15, 0.2) is 195 Å². The van der Waals surface area contributed by atoms with Crippen LogP contribution in [0.4, 0.5) is 0 Å². The third-order valence-electron chi connectivity index (χ3n) is 11.3. The molecule has 0 amide bonds. The topological polar surface area (TPSA) is 79.2 Å². The molecule has 0 unspecified atom stereocenters. The number of pyridine rings is 1. The van der Waals surface area contributed by atoms with Crippen LogP contribution in [0.25, 0.3) is 106 Å². The first kappa shape index (κ1) is 33.0. The SMILES string of the molecule is c1ccc(-c2nnc(-c3ccccc3)n2-c2ccc(-n3c4ccccc4c4cc5cc6c7ccccc7n(-c7ccnc(-c8cccnc8)n7)c6cc5cc43)cc2)cc1. The molecule has 7 aromatic carbocycles. The van der Waals surface area contributed by atoms with Gasteiger partial charge in [-0.25, -0.2) is 9.97 Å². The van der Waals surface area contributed by atoms with Crippen LogP contribution in [0, 0.1) is 0 Å². The molecule has 0 radical (unpaired) electrons. The number of hydrogen-bond acceptors (Lipinski definition) is 5. The second-order valence-electron chi connectivity index (χ2n) is 14.7. The Morgan fingerprint density at radius 1 is 0.373 bits per heavy atom. The minimum Gasteiger partial charge on any atom is -0.309 e. The predicted octanol–water partition coefficient (Wildman–Crippen LogP) is 11.8. The van der Waals surface area contributed by atoms with Gasteiger partial charge in [0.1, 0.15) is 5.82 Å². The Kier molecular flexibility index (Phi) is 7.36. The molecule has 5 heterocycles. The quantitative estimate of drug-likeness (QED) is 0.169. The normalized spacial score (nSPS) is 11.7. The molecular weight excluding hydrogens is 725 g/mol. The number of hydrogen-bond donors (Lipinski definition) is 0. The third kappa shape index (κ3) is 5.27. The zero-order chi connectivity index (χ0) is 38.9. The number of rotatable bonds is 6. The third-order valence-corrected chi connectivity index (χ3v) is 11.3. The molecule has 0 aliphatic carbocycles. The fraction of sp³-hybridized carbons (Fsp3) is 0. The van der Waals surface area contributed by atoms with E-state index in [1.807, 2.05) is 60.8 Å². The van der Waals surface area contributed by atoms with Crippen molar-refractivity contribution in [2.45, 2.75) is 0 Å². The number of benzene rings is 7. The Morgan fingerprint density at radius 3 is 1.51 bits per heavy atom. The molecule has 0 N–H and O–H groups in total. The molecule has 276 valence electrons. The zero-order valence-electron chi connectivity index (χ0n) is 31.6. The second kappa shape index (κ2) is 13.2. The number of para-hydroxylation sites is 2. The highest BCUT2D eigenvalue weighted by Gasteiger charge is 2.20. The molecule has 0 saturated carbocycles. The summed E-state index contributed by atoms with van der Waals surface area (Å²) in [5.74, 6) is 3.02. The molecule has 12 rings (SSSR count). The summed E-state index contributed by atoms with van der Waals surface area (Å²) < 4.78 is 6.78. The van der Waals surface area contributed by atoms with E-state index in [-0.39, 0.29) is 0 Å². The van der Waals surface area contributed by atoms with E-state index in [1.54, 1.807) is 12.4 Å². The van der Waals surface area contributed by atoms with Crippen LogP contribution in [-0.4, -0.2) is 38.9 Å². The molecule has 0 aliphatic rings. The average Bonchev–Trinajstić information content (AvgIpc) is 3.99. The summed E-state index contributed by atoms with van der Waals surface area (Å²) in [5, 5.41) is 16.5. The van der Waals surface area contributed by atoms with E-state index in [2.05, 4.69) is 145 Å². The van der Waals surface area contributed by atoms with E-state index < -0.39 is 0 Å². The first-order valence-electron chi connectivity index (χ1n) is 19.6. The molecule has 0 atom stereocenters. The fourth-order valence-electron chi connectivity index (χ4n) is 8.64. The van der Waals surface area contributed by atoms with Gasteiger partial charge in [0, 0.05) is 68.2 Å². The van der Waals surface area contributed by atoms with Crippen molar-refractivity contribution in [1.82, 2.24) is 38.9 Å². The van der Waals surface area contributed by atoms with E-state index >= 15 is 0 Å². The summed E-state index contributed by atoms with van der Waals surface area (Å²) >= 11 is 0. The van der Waals surface area contributed by atoms with Gasteiger partial charge >= 0.3 is 0 Å². The summed E-state index contributed by atoms with van der Waals surface area (Å²) in [6.07, 6.45) is 5.39. The molecule has 8 nitrogen and oxygen atoms in total. The highest BCUT2D eigenvalue weighted by molar-refractivity contribution is 6.18. The molecule has 0 saturated heterocycles. The highest BCUT2D eigenvalue weighted by atomic mass is 15.3. The van der Waals surface area contributed by atoms with Gasteiger partial charge in [0.15, 0.2) is 17.5 Å². The van der Waals surface area contributed by atoms with Crippen LogP contribution < -0.4 is 0 Å². The summed E-state index contributed by atoms with van der Waals surface area (Å²) in [6.45, 7) is 0. The van der Waals surface area contributed by atoms with Crippen molar-refractivity contribution in [3.05, 3.63) is 195 Å². The minimum atomic E-state index is 0.636. The van der Waals surface area contributed by atoms with Crippen molar-refractivity contribution >= 4 is 54.4 Å². The van der Waals surface area contributed by atoms with Crippen molar-refractivity contribution in [2.75, 3.05) is 0 Å². The van der Waals surface area contributed by atoms with Gasteiger partial charge < -0.3 is 4.57 Å². The van der Waals surface area contributed by atoms with Gasteiger partial charge in [-0.05, 0) is 89.6 Å². The molecule has 0 fully saturated rings. The molecule has 12 aromatic rings. The maximum absolute atomic E-state index is 5.07. The van der Waals surface area contributed by atoms with Crippen molar-refractivity contribution in [3.8, 4) is 51.4 Å². The molecule has 5 aromatic heterocycles. The first-order valence-corrected chi connectivity index (χ1v) is 19.6. The smallest absolute Gasteiger partial charge is 0.168 e. The van der Waals surface area contributed by atoms with E-state index in [4.69, 9.17) is 15.2 Å². The monoisotopic (exact) mass is 756 g/mol. The van der Waals surface area contributed by atoms with E-state index in [0.717, 1.165) is 73.0 Å². The van der Waals surface area contributed by atoms with E-state index in [0.29, 0.717) is 5.82 Å². The molecule has 0 spiro atoms. The van der Waals surface area contributed by atoms with Gasteiger partial charge in [0.05, 0.1) is 22.1 Å². The molecular formula is C51H32N8. The molecule has 0 aliphatic heterocycles. The lowest BCUT2D eigenvalue weighted by molar-refractivity contribution is 1.04. The van der Waals surface area contributed by atoms with Gasteiger partial charge in [-0.1, -0.05) is 97.1 Å². The van der Waals surface area contributed by atoms with Crippen molar-refractivity contribution in [1.29, 1.82) is 0 Å². The van der Waals surface area contributed by atoms with Gasteiger partial charge in [-0.3, -0.25) is 14.1 Å². The van der Waals surface area contributed by atoms with Gasteiger partial charge in [-0.2, -0.15) is 0 Å². The Balaban J connectivity index is 1.04. The Hall–Kier alpha value is -8.23. The zero-order valence-corrected chi connectivity index (χ0v) is 31.6. The number of aromatic nitrogens is 8. The Labute approximate surface area is 338 Å². The number of nitrogens with zero attached hydrogens (tertiary/aromatic N) is 8. The summed E-state index contributed by atoms with van der Waals surface area (Å²) in [5.41, 5.74) is 9.37. The lowest BCUT2D eigenvalue weighted by Crippen LogP contribution is -2.01. The standard InChI is InChI=1S/C51H32N8/c1-3-12-33(13-4-1)50-55-56-51(34-14-5-2-6-15-34)58(50)39-23-21-38(22-24-39)57-44-19-9-7-17-40(44)42-28-36-29-43-41-18-8-10-20-45(41)59(47(43)31-37(36)30-46(42)57)48-25-27-53-49(54-48)35-16-11-26-52-32-35/h1-32H. The summed E-state index contributed by atoms with van der Waals surface area (Å²) in [6, 6.07) is 61.7. The van der Waals surface area contributed by atoms with Gasteiger partial charge in [0.2, 0.25) is 0 Å². The average molecular weight is 757 g/mol. The van der Waals surface area contributed by atoms with Crippen molar-refractivity contribution < 1.29 is 0 Å². The molecule has 59 heavy (non-hydrogen) atoms. The second-order valence-corrected chi connectivity index (χ2v) is 14.7. The summed E-state index contributed by atoms with van der Waals surface area (Å²) in [7, 11) is 0. The van der Waals surface area contributed by atoms with Crippen molar-refractivity contribution in [2.24, 2.45) is 0 Å². The van der Waals surface area contributed by atoms with E-state index in [9.17, 15) is 0 Å². The van der Waals surface area contributed by atoms with Crippen molar-refractivity contribution in [3.63, 3.8) is 0 Å². The van der Waals surface area contributed by atoms with Crippen LogP contribution in [0.3, 0.4) is 0 Å². The maximum Gasteiger partial charge on any atom is 0.168 e. The predicted molar refractivity (Wildman–Crippen MR) is 237 cm³/mol. The van der Waals surface area contributed by atoms with Crippen LogP contribution in [0.1, 0.15) is 0 Å². The fourth-order valence-corrected chi connectivity index (χ4v) is 8.64. The van der Waals surface area contributed by atoms with E-state index in [1.165, 1.54) is 26.9 Å². The van der Waals surface area contributed by atoms with Crippen LogP contribution in [-0.2, 0) is 0 Å². The molecule has 0 bridgehead atoms. The first-order chi connectivity index (χ1) is 29.3. The largest absolute Gasteiger partial charge is 0.309 e. The van der Waals surface area contributed by atoms with Crippen LogP contribution in [0.5, 0.6) is 0 Å². The lowest BCUT2D eigenvalue weighted by Gasteiger charge is -2.13. The van der Waals surface area contributed by atoms with Gasteiger partial charge in [0.25, 0.3) is 0 Å². The van der Waals surface area contributed by atoms with Crippen LogP contribution >= 0.6 is 0 Å². The maximum atomic E-state index is 5.07. The van der Waals surface area contributed by atoms with Gasteiger partial charge in [-0.15, -0.1) is 10.2 Å². The Bertz CT molecular complexity index is 3470. The minimum absolute atomic E-state index is 0.636. The molecule has 8 heteroatoms. The van der Waals surface area contributed by atoms with Crippen LogP contribution in [0.2, 0.25) is 0 Å². The number of fused-ring (bicyclic) bond motifs is 7. The Morgan fingerprint density at radius 2 is 0.898 bits per heavy atom. The highest BCUT2D eigenvalue weighted by Crippen LogP contribution is 2.39.